The maximum atomic E-state index is 12.2. The molecule has 1 heterocycles. The molecule has 2 rings (SSSR count). The van der Waals surface area contributed by atoms with Crippen molar-refractivity contribution in [2.75, 3.05) is 6.54 Å². The van der Waals surface area contributed by atoms with Crippen LogP contribution in [0.25, 0.3) is 0 Å². The van der Waals surface area contributed by atoms with E-state index in [1.165, 1.54) is 21.8 Å². The first-order valence-corrected chi connectivity index (χ1v) is 8.41. The summed E-state index contributed by atoms with van der Waals surface area (Å²) in [5, 5.41) is 12.3. The van der Waals surface area contributed by atoms with Crippen molar-refractivity contribution in [1.82, 2.24) is 5.32 Å². The summed E-state index contributed by atoms with van der Waals surface area (Å²) in [6.45, 7) is 4.39. The standard InChI is InChI=1S/C16H23NO3S/c1-3-6-12-9-13(21-11(12)2)14(18)17-10-16(15(19)20)7-4-5-8-16/h9H,3-8,10H2,1-2H3,(H,17,18)(H,19,20). The fraction of sp³-hybridized carbons (Fsp3) is 0.625. The average molecular weight is 309 g/mol. The Balaban J connectivity index is 2.01. The van der Waals surface area contributed by atoms with Crippen LogP contribution in [0.1, 0.15) is 59.1 Å². The number of nitrogens with one attached hydrogen (secondary N) is 1. The summed E-state index contributed by atoms with van der Waals surface area (Å²) >= 11 is 1.49. The predicted octanol–water partition coefficient (Wildman–Crippen LogP) is 3.38. The molecule has 1 saturated carbocycles. The SMILES string of the molecule is CCCc1cc(C(=O)NCC2(C(=O)O)CCCC2)sc1C. The van der Waals surface area contributed by atoms with Crippen LogP contribution in [0.3, 0.4) is 0 Å². The van der Waals surface area contributed by atoms with E-state index in [0.717, 1.165) is 25.7 Å². The van der Waals surface area contributed by atoms with E-state index in [1.54, 1.807) is 0 Å². The highest BCUT2D eigenvalue weighted by Gasteiger charge is 2.41. The summed E-state index contributed by atoms with van der Waals surface area (Å²) in [6.07, 6.45) is 5.22. The van der Waals surface area contributed by atoms with E-state index in [-0.39, 0.29) is 12.5 Å². The van der Waals surface area contributed by atoms with E-state index in [4.69, 9.17) is 0 Å². The number of carboxylic acid groups (broad SMARTS) is 1. The van der Waals surface area contributed by atoms with Crippen LogP contribution in [-0.4, -0.2) is 23.5 Å². The Bertz CT molecular complexity index is 530. The van der Waals surface area contributed by atoms with Gasteiger partial charge in [0.05, 0.1) is 10.3 Å². The first-order chi connectivity index (χ1) is 9.98. The predicted molar refractivity (Wildman–Crippen MR) is 83.9 cm³/mol. The van der Waals surface area contributed by atoms with E-state index in [1.807, 2.05) is 13.0 Å². The van der Waals surface area contributed by atoms with E-state index in [9.17, 15) is 14.7 Å². The topological polar surface area (TPSA) is 66.4 Å². The molecule has 0 spiro atoms. The van der Waals surface area contributed by atoms with Crippen LogP contribution in [0, 0.1) is 12.3 Å². The maximum Gasteiger partial charge on any atom is 0.311 e. The molecule has 0 bridgehead atoms. The highest BCUT2D eigenvalue weighted by Crippen LogP contribution is 2.37. The van der Waals surface area contributed by atoms with Gasteiger partial charge in [-0.15, -0.1) is 11.3 Å². The second kappa shape index (κ2) is 6.60. The summed E-state index contributed by atoms with van der Waals surface area (Å²) in [5.74, 6) is -0.924. The lowest BCUT2D eigenvalue weighted by molar-refractivity contribution is -0.148. The third kappa shape index (κ3) is 3.46. The quantitative estimate of drug-likeness (QED) is 0.846. The minimum Gasteiger partial charge on any atom is -0.481 e. The van der Waals surface area contributed by atoms with Crippen molar-refractivity contribution in [1.29, 1.82) is 0 Å². The van der Waals surface area contributed by atoms with Crippen LogP contribution < -0.4 is 5.32 Å². The number of carbonyl (C=O) groups excluding carboxylic acids is 1. The Morgan fingerprint density at radius 1 is 1.38 bits per heavy atom. The minimum absolute atomic E-state index is 0.141. The molecule has 0 atom stereocenters. The maximum absolute atomic E-state index is 12.2. The smallest absolute Gasteiger partial charge is 0.311 e. The molecule has 2 N–H and O–H groups in total. The monoisotopic (exact) mass is 309 g/mol. The highest BCUT2D eigenvalue weighted by molar-refractivity contribution is 7.14. The molecule has 21 heavy (non-hydrogen) atoms. The summed E-state index contributed by atoms with van der Waals surface area (Å²) in [6, 6.07) is 1.95. The number of aliphatic carboxylic acids is 1. The van der Waals surface area contributed by atoms with Crippen molar-refractivity contribution in [3.63, 3.8) is 0 Å². The van der Waals surface area contributed by atoms with Gasteiger partial charge in [0, 0.05) is 11.4 Å². The van der Waals surface area contributed by atoms with Crippen LogP contribution in [-0.2, 0) is 11.2 Å². The summed E-state index contributed by atoms with van der Waals surface area (Å²) in [7, 11) is 0. The van der Waals surface area contributed by atoms with E-state index < -0.39 is 11.4 Å². The van der Waals surface area contributed by atoms with E-state index in [2.05, 4.69) is 12.2 Å². The second-order valence-corrected chi connectivity index (χ2v) is 7.17. The van der Waals surface area contributed by atoms with Gasteiger partial charge in [0.25, 0.3) is 5.91 Å². The number of hydrogen-bond donors (Lipinski definition) is 2. The van der Waals surface area contributed by atoms with Crippen LogP contribution in [0.2, 0.25) is 0 Å². The first-order valence-electron chi connectivity index (χ1n) is 7.59. The zero-order valence-electron chi connectivity index (χ0n) is 12.7. The van der Waals surface area contributed by atoms with Crippen LogP contribution in [0.5, 0.6) is 0 Å². The molecule has 5 heteroatoms. The molecule has 1 aromatic rings. The lowest BCUT2D eigenvalue weighted by Crippen LogP contribution is -2.41. The van der Waals surface area contributed by atoms with Gasteiger partial charge in [0.2, 0.25) is 0 Å². The number of carboxylic acids is 1. The summed E-state index contributed by atoms with van der Waals surface area (Å²) in [5.41, 5.74) is 0.468. The molecule has 0 unspecified atom stereocenters. The van der Waals surface area contributed by atoms with Crippen molar-refractivity contribution in [3.8, 4) is 0 Å². The lowest BCUT2D eigenvalue weighted by Gasteiger charge is -2.23. The van der Waals surface area contributed by atoms with Crippen LogP contribution in [0.15, 0.2) is 6.07 Å². The van der Waals surface area contributed by atoms with Crippen molar-refractivity contribution >= 4 is 23.2 Å². The molecular formula is C16H23NO3S. The zero-order valence-corrected chi connectivity index (χ0v) is 13.5. The van der Waals surface area contributed by atoms with Crippen molar-refractivity contribution < 1.29 is 14.7 Å². The van der Waals surface area contributed by atoms with Crippen molar-refractivity contribution in [3.05, 3.63) is 21.4 Å². The molecule has 0 saturated heterocycles. The summed E-state index contributed by atoms with van der Waals surface area (Å²) in [4.78, 5) is 25.6. The molecule has 1 aromatic heterocycles. The molecule has 116 valence electrons. The second-order valence-electron chi connectivity index (χ2n) is 5.92. The molecule has 0 radical (unpaired) electrons. The van der Waals surface area contributed by atoms with Crippen molar-refractivity contribution in [2.45, 2.75) is 52.4 Å². The van der Waals surface area contributed by atoms with Gasteiger partial charge >= 0.3 is 5.97 Å². The number of carbonyl (C=O) groups is 2. The third-order valence-corrected chi connectivity index (χ3v) is 5.46. The molecule has 4 nitrogen and oxygen atoms in total. The van der Waals surface area contributed by atoms with Crippen LogP contribution >= 0.6 is 11.3 Å². The Labute approximate surface area is 129 Å². The molecule has 0 aromatic carbocycles. The Morgan fingerprint density at radius 3 is 2.62 bits per heavy atom. The largest absolute Gasteiger partial charge is 0.481 e. The number of rotatable bonds is 6. The number of amides is 1. The summed E-state index contributed by atoms with van der Waals surface area (Å²) < 4.78 is 0. The third-order valence-electron chi connectivity index (χ3n) is 4.37. The average Bonchev–Trinajstić information content (AvgIpc) is 3.05. The van der Waals surface area contributed by atoms with Gasteiger partial charge in [-0.2, -0.15) is 0 Å². The van der Waals surface area contributed by atoms with Gasteiger partial charge in [-0.3, -0.25) is 9.59 Å². The van der Waals surface area contributed by atoms with Gasteiger partial charge < -0.3 is 10.4 Å². The number of aryl methyl sites for hydroxylation is 2. The minimum atomic E-state index is -0.783. The van der Waals surface area contributed by atoms with E-state index >= 15 is 0 Å². The van der Waals surface area contributed by atoms with Gasteiger partial charge in [-0.25, -0.2) is 0 Å². The van der Waals surface area contributed by atoms with Gasteiger partial charge in [-0.1, -0.05) is 26.2 Å². The zero-order chi connectivity index (χ0) is 15.5. The Morgan fingerprint density at radius 2 is 2.05 bits per heavy atom. The van der Waals surface area contributed by atoms with Crippen molar-refractivity contribution in [2.24, 2.45) is 5.41 Å². The molecule has 1 amide bonds. The lowest BCUT2D eigenvalue weighted by atomic mass is 9.86. The normalized spacial score (nSPS) is 16.9. The fourth-order valence-electron chi connectivity index (χ4n) is 3.00. The fourth-order valence-corrected chi connectivity index (χ4v) is 3.99. The van der Waals surface area contributed by atoms with Gasteiger partial charge in [-0.05, 0) is 37.8 Å². The molecule has 1 aliphatic carbocycles. The highest BCUT2D eigenvalue weighted by atomic mass is 32.1. The van der Waals surface area contributed by atoms with E-state index in [0.29, 0.717) is 17.7 Å². The number of hydrogen-bond acceptors (Lipinski definition) is 3. The number of thiophene rings is 1. The van der Waals surface area contributed by atoms with Gasteiger partial charge in [0.15, 0.2) is 0 Å². The Kier molecular flexibility index (Phi) is 5.04. The first kappa shape index (κ1) is 16.0. The van der Waals surface area contributed by atoms with Crippen LogP contribution in [0.4, 0.5) is 0 Å². The molecule has 1 fully saturated rings. The molecule has 1 aliphatic rings. The molecule has 0 aliphatic heterocycles. The van der Waals surface area contributed by atoms with Gasteiger partial charge in [0.1, 0.15) is 0 Å². The Hall–Kier alpha value is -1.36. The molecular weight excluding hydrogens is 286 g/mol.